The number of aromatic nitrogens is 1. The quantitative estimate of drug-likeness (QED) is 0.786. The Bertz CT molecular complexity index is 315. The van der Waals surface area contributed by atoms with Crippen molar-refractivity contribution in [2.45, 2.75) is 17.2 Å². The molecule has 1 unspecified atom stereocenters. The largest absolute Gasteiger partial charge is 0.415 e. The van der Waals surface area contributed by atoms with E-state index in [2.05, 4.69) is 4.98 Å². The van der Waals surface area contributed by atoms with Gasteiger partial charge in [0.15, 0.2) is 6.10 Å². The molecule has 0 aliphatic carbocycles. The first kappa shape index (κ1) is 12.1. The van der Waals surface area contributed by atoms with Gasteiger partial charge in [-0.1, -0.05) is 0 Å². The van der Waals surface area contributed by atoms with Gasteiger partial charge < -0.3 is 10.8 Å². The molecule has 3 nitrogen and oxygen atoms in total. The second kappa shape index (κ2) is 4.71. The molecule has 0 spiro atoms. The van der Waals surface area contributed by atoms with Crippen LogP contribution in [0.2, 0.25) is 0 Å². The minimum absolute atomic E-state index is 0.302. The van der Waals surface area contributed by atoms with E-state index in [1.165, 1.54) is 12.3 Å². The number of nitrogen functional groups attached to an aromatic ring is 1. The fourth-order valence-corrected chi connectivity index (χ4v) is 1.58. The van der Waals surface area contributed by atoms with Crippen LogP contribution in [0.3, 0.4) is 0 Å². The van der Waals surface area contributed by atoms with E-state index in [1.807, 2.05) is 0 Å². The summed E-state index contributed by atoms with van der Waals surface area (Å²) < 4.78 is 35.8. The number of hydrogen-bond donors (Lipinski definition) is 2. The van der Waals surface area contributed by atoms with E-state index in [4.69, 9.17) is 10.8 Å². The van der Waals surface area contributed by atoms with Crippen molar-refractivity contribution in [1.29, 1.82) is 0 Å². The number of hydrogen-bond acceptors (Lipinski definition) is 4. The highest BCUT2D eigenvalue weighted by molar-refractivity contribution is 7.99. The number of rotatable bonds is 3. The minimum atomic E-state index is -4.58. The fourth-order valence-electron chi connectivity index (χ4n) is 0.747. The topological polar surface area (TPSA) is 59.1 Å². The van der Waals surface area contributed by atoms with Crippen LogP contribution in [-0.2, 0) is 0 Å². The number of pyridine rings is 1. The molecule has 0 fully saturated rings. The van der Waals surface area contributed by atoms with Gasteiger partial charge >= 0.3 is 6.18 Å². The number of halogens is 3. The molecule has 84 valence electrons. The zero-order chi connectivity index (χ0) is 11.5. The Morgan fingerprint density at radius 1 is 1.47 bits per heavy atom. The minimum Gasteiger partial charge on any atom is -0.384 e. The number of nitrogens with zero attached hydrogens (tertiary/aromatic N) is 1. The van der Waals surface area contributed by atoms with Gasteiger partial charge in [-0.25, -0.2) is 4.98 Å². The molecule has 0 aromatic carbocycles. The Kier molecular flexibility index (Phi) is 3.81. The maximum atomic E-state index is 11.9. The number of nitrogens with two attached hydrogens (primary N) is 1. The van der Waals surface area contributed by atoms with Crippen LogP contribution >= 0.6 is 11.8 Å². The molecule has 7 heteroatoms. The maximum absolute atomic E-state index is 11.9. The van der Waals surface area contributed by atoms with Crippen LogP contribution in [0.15, 0.2) is 23.2 Å². The maximum Gasteiger partial charge on any atom is 0.415 e. The average molecular weight is 238 g/mol. The van der Waals surface area contributed by atoms with E-state index >= 15 is 0 Å². The third kappa shape index (κ3) is 3.96. The van der Waals surface area contributed by atoms with E-state index in [0.29, 0.717) is 10.7 Å². The lowest BCUT2D eigenvalue weighted by Crippen LogP contribution is -2.30. The van der Waals surface area contributed by atoms with E-state index in [9.17, 15) is 13.2 Å². The summed E-state index contributed by atoms with van der Waals surface area (Å²) in [6, 6.07) is 3.04. The normalized spacial score (nSPS) is 13.9. The Labute approximate surface area is 88.5 Å². The highest BCUT2D eigenvalue weighted by Crippen LogP contribution is 2.26. The van der Waals surface area contributed by atoms with Gasteiger partial charge in [0.05, 0.1) is 0 Å². The van der Waals surface area contributed by atoms with Crippen molar-refractivity contribution in [3.63, 3.8) is 0 Å². The van der Waals surface area contributed by atoms with Crippen LogP contribution in [0.4, 0.5) is 19.0 Å². The molecule has 0 saturated carbocycles. The summed E-state index contributed by atoms with van der Waals surface area (Å²) in [5.41, 5.74) is 5.30. The third-order valence-electron chi connectivity index (χ3n) is 1.54. The number of anilines is 1. The summed E-state index contributed by atoms with van der Waals surface area (Å²) in [5, 5.41) is 8.71. The van der Waals surface area contributed by atoms with Crippen LogP contribution in [0.1, 0.15) is 0 Å². The summed E-state index contributed by atoms with van der Waals surface area (Å²) >= 11 is 0.876. The molecule has 0 bridgehead atoms. The molecule has 0 saturated heterocycles. The second-order valence-electron chi connectivity index (χ2n) is 2.79. The molecule has 0 amide bonds. The van der Waals surface area contributed by atoms with Crippen LogP contribution in [0, 0.1) is 0 Å². The lowest BCUT2D eigenvalue weighted by molar-refractivity contribution is -0.195. The zero-order valence-corrected chi connectivity index (χ0v) is 8.35. The second-order valence-corrected chi connectivity index (χ2v) is 3.88. The van der Waals surface area contributed by atoms with Gasteiger partial charge in [-0.15, -0.1) is 11.8 Å². The lowest BCUT2D eigenvalue weighted by atomic mass is 10.4. The summed E-state index contributed by atoms with van der Waals surface area (Å²) in [7, 11) is 0. The smallest absolute Gasteiger partial charge is 0.384 e. The van der Waals surface area contributed by atoms with Crippen molar-refractivity contribution >= 4 is 17.6 Å². The van der Waals surface area contributed by atoms with Crippen LogP contribution in [0.5, 0.6) is 0 Å². The Hall–Kier alpha value is -0.950. The highest BCUT2D eigenvalue weighted by atomic mass is 32.2. The molecule has 0 aliphatic heterocycles. The van der Waals surface area contributed by atoms with Crippen molar-refractivity contribution in [3.8, 4) is 0 Å². The van der Waals surface area contributed by atoms with Gasteiger partial charge in [-0.3, -0.25) is 0 Å². The summed E-state index contributed by atoms with van der Waals surface area (Å²) in [6.07, 6.45) is -5.53. The number of thioether (sulfide) groups is 1. The van der Waals surface area contributed by atoms with E-state index in [0.717, 1.165) is 11.8 Å². The molecule has 1 rings (SSSR count). The fraction of sp³-hybridized carbons (Fsp3) is 0.375. The molecular weight excluding hydrogens is 229 g/mol. The Morgan fingerprint density at radius 2 is 2.13 bits per heavy atom. The highest BCUT2D eigenvalue weighted by Gasteiger charge is 2.37. The molecule has 1 aromatic rings. The Balaban J connectivity index is 2.47. The third-order valence-corrected chi connectivity index (χ3v) is 2.60. The molecule has 3 N–H and O–H groups in total. The average Bonchev–Trinajstić information content (AvgIpc) is 2.15. The molecule has 1 aromatic heterocycles. The number of aliphatic hydroxyl groups excluding tert-OH is 1. The number of alkyl halides is 3. The standard InChI is InChI=1S/C8H9F3N2OS/c9-8(10,11)6(14)4-15-5-1-2-7(12)13-3-5/h1-3,6,14H,4H2,(H2,12,13). The molecule has 1 heterocycles. The zero-order valence-electron chi connectivity index (χ0n) is 7.53. The van der Waals surface area contributed by atoms with Crippen LogP contribution < -0.4 is 5.73 Å². The predicted molar refractivity (Wildman–Crippen MR) is 51.4 cm³/mol. The van der Waals surface area contributed by atoms with Crippen LogP contribution in [-0.4, -0.2) is 28.1 Å². The SMILES string of the molecule is Nc1ccc(SCC(O)C(F)(F)F)cn1. The van der Waals surface area contributed by atoms with Gasteiger partial charge in [-0.05, 0) is 12.1 Å². The molecule has 0 radical (unpaired) electrons. The molecular formula is C8H9F3N2OS. The van der Waals surface area contributed by atoms with E-state index in [-0.39, 0.29) is 0 Å². The van der Waals surface area contributed by atoms with Gasteiger partial charge in [0.1, 0.15) is 5.82 Å². The lowest BCUT2D eigenvalue weighted by Gasteiger charge is -2.13. The summed E-state index contributed by atoms with van der Waals surface area (Å²) in [5.74, 6) is -0.148. The van der Waals surface area contributed by atoms with Gasteiger partial charge in [0.25, 0.3) is 0 Å². The first-order valence-corrected chi connectivity index (χ1v) is 4.97. The van der Waals surface area contributed by atoms with Gasteiger partial charge in [0, 0.05) is 16.8 Å². The van der Waals surface area contributed by atoms with Crippen molar-refractivity contribution in [2.75, 3.05) is 11.5 Å². The van der Waals surface area contributed by atoms with Gasteiger partial charge in [0.2, 0.25) is 0 Å². The summed E-state index contributed by atoms with van der Waals surface area (Å²) in [4.78, 5) is 4.25. The molecule has 0 aliphatic rings. The molecule has 15 heavy (non-hydrogen) atoms. The van der Waals surface area contributed by atoms with Crippen molar-refractivity contribution in [2.24, 2.45) is 0 Å². The van der Waals surface area contributed by atoms with E-state index in [1.54, 1.807) is 6.07 Å². The Morgan fingerprint density at radius 3 is 2.60 bits per heavy atom. The van der Waals surface area contributed by atoms with Crippen molar-refractivity contribution in [1.82, 2.24) is 4.98 Å². The first-order valence-electron chi connectivity index (χ1n) is 3.98. The predicted octanol–water partition coefficient (Wildman–Crippen LogP) is 1.68. The first-order chi connectivity index (χ1) is 6.89. The summed E-state index contributed by atoms with van der Waals surface area (Å²) in [6.45, 7) is 0. The number of aliphatic hydroxyl groups is 1. The van der Waals surface area contributed by atoms with E-state index < -0.39 is 18.0 Å². The van der Waals surface area contributed by atoms with Crippen molar-refractivity contribution in [3.05, 3.63) is 18.3 Å². The monoisotopic (exact) mass is 238 g/mol. The van der Waals surface area contributed by atoms with Crippen molar-refractivity contribution < 1.29 is 18.3 Å². The molecule has 1 atom stereocenters. The van der Waals surface area contributed by atoms with Crippen LogP contribution in [0.25, 0.3) is 0 Å². The van der Waals surface area contributed by atoms with Gasteiger partial charge in [-0.2, -0.15) is 13.2 Å².